The Bertz CT molecular complexity index is 542. The third-order valence-corrected chi connectivity index (χ3v) is 6.16. The van der Waals surface area contributed by atoms with E-state index in [1.807, 2.05) is 27.0 Å². The number of aryl methyl sites for hydroxylation is 1. The maximum absolute atomic E-state index is 12.8. The number of rotatable bonds is 9. The molecule has 0 aromatic carbocycles. The smallest absolute Gasteiger partial charge is 0.262 e. The van der Waals surface area contributed by atoms with E-state index < -0.39 is 10.0 Å². The second-order valence-corrected chi connectivity index (χ2v) is 7.77. The van der Waals surface area contributed by atoms with Gasteiger partial charge in [-0.05, 0) is 26.1 Å². The molecule has 1 aromatic rings. The zero-order chi connectivity index (χ0) is 16.0. The number of aromatic amines is 1. The van der Waals surface area contributed by atoms with Crippen molar-refractivity contribution >= 4 is 21.8 Å². The van der Waals surface area contributed by atoms with Crippen LogP contribution in [0.3, 0.4) is 0 Å². The van der Waals surface area contributed by atoms with Crippen molar-refractivity contribution in [1.29, 1.82) is 0 Å². The number of aromatic nitrogens is 2. The zero-order valence-electron chi connectivity index (χ0n) is 13.4. The first-order valence-electron chi connectivity index (χ1n) is 7.11. The van der Waals surface area contributed by atoms with Gasteiger partial charge in [0.15, 0.2) is 5.03 Å². The molecule has 21 heavy (non-hydrogen) atoms. The van der Waals surface area contributed by atoms with E-state index >= 15 is 0 Å². The predicted octanol–water partition coefficient (Wildman–Crippen LogP) is 1.59. The van der Waals surface area contributed by atoms with E-state index in [1.54, 1.807) is 18.8 Å². The van der Waals surface area contributed by atoms with Gasteiger partial charge in [0.2, 0.25) is 0 Å². The Kier molecular flexibility index (Phi) is 7.19. The number of nitrogens with zero attached hydrogens (tertiary/aromatic N) is 2. The molecule has 122 valence electrons. The predicted molar refractivity (Wildman–Crippen MR) is 88.1 cm³/mol. The minimum absolute atomic E-state index is 0.0195. The van der Waals surface area contributed by atoms with Crippen LogP contribution in [0.1, 0.15) is 31.5 Å². The molecule has 0 aliphatic carbocycles. The van der Waals surface area contributed by atoms with Crippen LogP contribution >= 0.6 is 11.8 Å². The second-order valence-electron chi connectivity index (χ2n) is 4.95. The van der Waals surface area contributed by atoms with E-state index in [0.717, 1.165) is 30.0 Å². The average Bonchev–Trinajstić information content (AvgIpc) is 2.83. The molecule has 1 atom stereocenters. The summed E-state index contributed by atoms with van der Waals surface area (Å²) in [6.45, 7) is 7.12. The van der Waals surface area contributed by atoms with E-state index in [2.05, 4.69) is 15.5 Å². The Morgan fingerprint density at radius 3 is 2.62 bits per heavy atom. The lowest BCUT2D eigenvalue weighted by Crippen LogP contribution is -2.39. The summed E-state index contributed by atoms with van der Waals surface area (Å²) >= 11 is 1.65. The van der Waals surface area contributed by atoms with Crippen LogP contribution in [0.4, 0.5) is 0 Å². The van der Waals surface area contributed by atoms with E-state index in [0.29, 0.717) is 6.54 Å². The lowest BCUT2D eigenvalue weighted by atomic mass is 10.2. The fourth-order valence-electron chi connectivity index (χ4n) is 2.11. The van der Waals surface area contributed by atoms with Crippen molar-refractivity contribution < 1.29 is 8.42 Å². The number of hydrogen-bond donors (Lipinski definition) is 2. The normalized spacial score (nSPS) is 13.8. The Labute approximate surface area is 132 Å². The van der Waals surface area contributed by atoms with Crippen LogP contribution in [0.5, 0.6) is 0 Å². The molecule has 1 heterocycles. The molecule has 1 rings (SSSR count). The Balaban J connectivity index is 3.12. The fraction of sp³-hybridized carbons (Fsp3) is 0.769. The van der Waals surface area contributed by atoms with Crippen LogP contribution < -0.4 is 5.32 Å². The van der Waals surface area contributed by atoms with Gasteiger partial charge in [-0.1, -0.05) is 13.8 Å². The molecule has 0 aliphatic heterocycles. The monoisotopic (exact) mass is 334 g/mol. The number of hydrogen-bond acceptors (Lipinski definition) is 5. The van der Waals surface area contributed by atoms with Crippen LogP contribution in [-0.2, 0) is 16.6 Å². The minimum Gasteiger partial charge on any atom is -0.313 e. The van der Waals surface area contributed by atoms with Crippen LogP contribution in [0.15, 0.2) is 5.03 Å². The molecule has 0 spiro atoms. The summed E-state index contributed by atoms with van der Waals surface area (Å²) in [5.74, 6) is 0.776. The molecule has 6 nitrogen and oxygen atoms in total. The lowest BCUT2D eigenvalue weighted by molar-refractivity contribution is 0.383. The molecule has 0 radical (unpaired) electrons. The molecule has 0 saturated carbocycles. The van der Waals surface area contributed by atoms with Crippen molar-refractivity contribution in [3.8, 4) is 0 Å². The van der Waals surface area contributed by atoms with Crippen molar-refractivity contribution in [2.24, 2.45) is 0 Å². The van der Waals surface area contributed by atoms with Gasteiger partial charge < -0.3 is 5.32 Å². The maximum Gasteiger partial charge on any atom is 0.262 e. The molecular weight excluding hydrogens is 308 g/mol. The molecule has 0 aliphatic rings. The maximum atomic E-state index is 12.8. The SMILES string of the molecule is CCNCc1c(S(=O)(=O)N(C)C(CC)CSC)n[nH]c1C. The summed E-state index contributed by atoms with van der Waals surface area (Å²) in [7, 11) is -1.94. The van der Waals surface area contributed by atoms with Crippen LogP contribution in [-0.4, -0.2) is 54.6 Å². The number of sulfonamides is 1. The highest BCUT2D eigenvalue weighted by molar-refractivity contribution is 7.98. The van der Waals surface area contributed by atoms with Crippen molar-refractivity contribution in [2.75, 3.05) is 25.6 Å². The van der Waals surface area contributed by atoms with Gasteiger partial charge >= 0.3 is 0 Å². The lowest BCUT2D eigenvalue weighted by Gasteiger charge is -2.25. The Morgan fingerprint density at radius 2 is 2.10 bits per heavy atom. The van der Waals surface area contributed by atoms with Gasteiger partial charge in [-0.25, -0.2) is 8.42 Å². The average molecular weight is 335 g/mol. The van der Waals surface area contributed by atoms with Gasteiger partial charge in [-0.15, -0.1) is 0 Å². The van der Waals surface area contributed by atoms with Crippen molar-refractivity contribution in [3.05, 3.63) is 11.3 Å². The van der Waals surface area contributed by atoms with Crippen LogP contribution in [0.25, 0.3) is 0 Å². The van der Waals surface area contributed by atoms with E-state index in [9.17, 15) is 8.42 Å². The van der Waals surface area contributed by atoms with Gasteiger partial charge in [-0.3, -0.25) is 5.10 Å². The van der Waals surface area contributed by atoms with Crippen LogP contribution in [0, 0.1) is 6.92 Å². The summed E-state index contributed by atoms with van der Waals surface area (Å²) in [6, 6.07) is -0.0195. The van der Waals surface area contributed by atoms with Crippen LogP contribution in [0.2, 0.25) is 0 Å². The summed E-state index contributed by atoms with van der Waals surface area (Å²) in [6.07, 6.45) is 2.76. The van der Waals surface area contributed by atoms with E-state index in [1.165, 1.54) is 4.31 Å². The molecule has 0 amide bonds. The fourth-order valence-corrected chi connectivity index (χ4v) is 4.63. The molecule has 0 saturated heterocycles. The quantitative estimate of drug-likeness (QED) is 0.717. The number of nitrogens with one attached hydrogen (secondary N) is 2. The first kappa shape index (κ1) is 18.5. The highest BCUT2D eigenvalue weighted by Gasteiger charge is 2.31. The highest BCUT2D eigenvalue weighted by Crippen LogP contribution is 2.23. The van der Waals surface area contributed by atoms with Gasteiger partial charge in [-0.2, -0.15) is 21.2 Å². The second kappa shape index (κ2) is 8.17. The highest BCUT2D eigenvalue weighted by atomic mass is 32.2. The Morgan fingerprint density at radius 1 is 1.43 bits per heavy atom. The number of thioether (sulfide) groups is 1. The zero-order valence-corrected chi connectivity index (χ0v) is 15.1. The summed E-state index contributed by atoms with van der Waals surface area (Å²) < 4.78 is 27.1. The van der Waals surface area contributed by atoms with Crippen molar-refractivity contribution in [1.82, 2.24) is 19.8 Å². The largest absolute Gasteiger partial charge is 0.313 e. The molecule has 0 bridgehead atoms. The van der Waals surface area contributed by atoms with Gasteiger partial charge in [0.05, 0.1) is 0 Å². The molecular formula is C13H26N4O2S2. The molecule has 8 heteroatoms. The summed E-state index contributed by atoms with van der Waals surface area (Å²) in [5.41, 5.74) is 1.52. The summed E-state index contributed by atoms with van der Waals surface area (Å²) in [5, 5.41) is 10.1. The third-order valence-electron chi connectivity index (χ3n) is 3.56. The first-order chi connectivity index (χ1) is 9.89. The third kappa shape index (κ3) is 4.21. The van der Waals surface area contributed by atoms with Gasteiger partial charge in [0.1, 0.15) is 0 Å². The molecule has 1 aromatic heterocycles. The standard InChI is InChI=1S/C13H26N4O2S2/c1-6-11(9-20-5)17(4)21(18,19)13-12(8-14-7-2)10(3)15-16-13/h11,14H,6-9H2,1-5H3,(H,15,16). The molecule has 1 unspecified atom stereocenters. The van der Waals surface area contributed by atoms with Crippen molar-refractivity contribution in [2.45, 2.75) is 44.8 Å². The minimum atomic E-state index is -3.58. The topological polar surface area (TPSA) is 78.1 Å². The van der Waals surface area contributed by atoms with Crippen molar-refractivity contribution in [3.63, 3.8) is 0 Å². The summed E-state index contributed by atoms with van der Waals surface area (Å²) in [4.78, 5) is 0. The van der Waals surface area contributed by atoms with E-state index in [4.69, 9.17) is 0 Å². The molecule has 2 N–H and O–H groups in total. The molecule has 0 fully saturated rings. The number of H-pyrrole nitrogens is 1. The Hall–Kier alpha value is -0.570. The van der Waals surface area contributed by atoms with Gasteiger partial charge in [0.25, 0.3) is 10.0 Å². The first-order valence-corrected chi connectivity index (χ1v) is 9.94. The van der Waals surface area contributed by atoms with E-state index in [-0.39, 0.29) is 11.1 Å². The van der Waals surface area contributed by atoms with Gasteiger partial charge in [0, 0.05) is 36.6 Å².